The van der Waals surface area contributed by atoms with E-state index in [4.69, 9.17) is 4.74 Å². The van der Waals surface area contributed by atoms with Gasteiger partial charge in [0.05, 0.1) is 7.11 Å². The predicted molar refractivity (Wildman–Crippen MR) is 135 cm³/mol. The number of methoxy groups -OCH3 is 1. The van der Waals surface area contributed by atoms with Gasteiger partial charge in [-0.15, -0.1) is 0 Å². The number of allylic oxidation sites excluding steroid dienone is 6. The van der Waals surface area contributed by atoms with E-state index in [1.807, 2.05) is 12.1 Å². The van der Waals surface area contributed by atoms with Crippen LogP contribution < -0.4 is 5.32 Å². The first-order chi connectivity index (χ1) is 15.7. The lowest BCUT2D eigenvalue weighted by Gasteiger charge is -2.16. The van der Waals surface area contributed by atoms with Gasteiger partial charge in [-0.3, -0.25) is 4.79 Å². The first-order valence-electron chi connectivity index (χ1n) is 12.2. The molecule has 2 N–H and O–H groups in total. The Morgan fingerprint density at radius 1 is 0.906 bits per heavy atom. The molecule has 0 heterocycles. The maximum absolute atomic E-state index is 12.0. The number of nitrogens with one attached hydrogen (secondary N) is 1. The number of phenolic OH excluding ortho intramolecular Hbond substituents is 1. The second-order valence-electron chi connectivity index (χ2n) is 8.10. The Morgan fingerprint density at radius 3 is 2.16 bits per heavy atom. The summed E-state index contributed by atoms with van der Waals surface area (Å²) in [4.78, 5) is 12.0. The Labute approximate surface area is 195 Å². The van der Waals surface area contributed by atoms with Gasteiger partial charge in [0.25, 0.3) is 0 Å². The molecule has 4 nitrogen and oxygen atoms in total. The van der Waals surface area contributed by atoms with Crippen molar-refractivity contribution < 1.29 is 14.6 Å². The molecule has 0 aromatic heterocycles. The lowest BCUT2D eigenvalue weighted by atomic mass is 10.1. The molecule has 0 spiro atoms. The van der Waals surface area contributed by atoms with Gasteiger partial charge in [-0.05, 0) is 69.2 Å². The quantitative estimate of drug-likeness (QED) is 0.152. The zero-order valence-corrected chi connectivity index (χ0v) is 20.1. The van der Waals surface area contributed by atoms with Gasteiger partial charge in [0, 0.05) is 0 Å². The molecule has 1 aromatic carbocycles. The number of hydrogen-bond acceptors (Lipinski definition) is 4. The second-order valence-corrected chi connectivity index (χ2v) is 8.10. The molecule has 0 aliphatic heterocycles. The molecule has 0 saturated carbocycles. The molecule has 1 rings (SSSR count). The average Bonchev–Trinajstić information content (AvgIpc) is 2.81. The molecule has 0 aliphatic carbocycles. The largest absolute Gasteiger partial charge is 0.508 e. The van der Waals surface area contributed by atoms with Crippen LogP contribution in [0.25, 0.3) is 0 Å². The van der Waals surface area contributed by atoms with Crippen molar-refractivity contribution in [1.82, 2.24) is 5.32 Å². The molecule has 1 atom stereocenters. The first-order valence-corrected chi connectivity index (χ1v) is 12.2. The molecule has 32 heavy (non-hydrogen) atoms. The van der Waals surface area contributed by atoms with Crippen LogP contribution in [0.3, 0.4) is 0 Å². The zero-order chi connectivity index (χ0) is 23.3. The third-order valence-corrected chi connectivity index (χ3v) is 5.33. The summed E-state index contributed by atoms with van der Waals surface area (Å²) < 4.78 is 4.93. The highest BCUT2D eigenvalue weighted by atomic mass is 16.5. The number of esters is 1. The fourth-order valence-corrected chi connectivity index (χ4v) is 3.45. The van der Waals surface area contributed by atoms with Crippen LogP contribution in [-0.2, 0) is 16.0 Å². The van der Waals surface area contributed by atoms with Crippen LogP contribution in [0, 0.1) is 0 Å². The number of hydrogen-bond donors (Lipinski definition) is 2. The summed E-state index contributed by atoms with van der Waals surface area (Å²) in [7, 11) is 1.42. The van der Waals surface area contributed by atoms with Gasteiger partial charge in [-0.1, -0.05) is 81.2 Å². The molecular formula is C28H43NO3. The molecule has 0 aliphatic rings. The highest BCUT2D eigenvalue weighted by Crippen LogP contribution is 2.12. The molecule has 4 heteroatoms. The minimum absolute atomic E-state index is 0.232. The molecular weight excluding hydrogens is 398 g/mol. The van der Waals surface area contributed by atoms with E-state index in [1.54, 1.807) is 12.1 Å². The van der Waals surface area contributed by atoms with E-state index >= 15 is 0 Å². The Hall–Kier alpha value is -2.33. The molecule has 0 bridgehead atoms. The van der Waals surface area contributed by atoms with Gasteiger partial charge in [0.1, 0.15) is 11.8 Å². The lowest BCUT2D eigenvalue weighted by molar-refractivity contribution is -0.143. The van der Waals surface area contributed by atoms with E-state index in [9.17, 15) is 9.90 Å². The minimum atomic E-state index is -0.348. The second kappa shape index (κ2) is 19.4. The van der Waals surface area contributed by atoms with E-state index < -0.39 is 0 Å². The average molecular weight is 442 g/mol. The number of unbranched alkanes of at least 4 members (excludes halogenated alkanes) is 6. The van der Waals surface area contributed by atoms with Crippen LogP contribution >= 0.6 is 0 Å². The standard InChI is InChI=1S/C28H43NO3/c1-3-4-5-6-7-8-9-10-11-12-13-14-15-16-17-18-23-29-27(28(31)32-2)24-25-19-21-26(30)22-20-25/h4-5,7-8,10-11,19-22,27,29-30H,3,6,9,12-18,23-24H2,1-2H3/b5-4-,8-7-,11-10-. The van der Waals surface area contributed by atoms with Crippen molar-refractivity contribution in [1.29, 1.82) is 0 Å². The monoisotopic (exact) mass is 441 g/mol. The van der Waals surface area contributed by atoms with Gasteiger partial charge in [0.2, 0.25) is 0 Å². The molecule has 1 unspecified atom stereocenters. The van der Waals surface area contributed by atoms with E-state index in [1.165, 1.54) is 45.6 Å². The van der Waals surface area contributed by atoms with E-state index in [0.717, 1.165) is 37.8 Å². The topological polar surface area (TPSA) is 58.6 Å². The fourth-order valence-electron chi connectivity index (χ4n) is 3.45. The number of carbonyl (C=O) groups excluding carboxylic acids is 1. The maximum Gasteiger partial charge on any atom is 0.323 e. The summed E-state index contributed by atoms with van der Waals surface area (Å²) in [5.41, 5.74) is 1.000. The Bertz CT molecular complexity index is 676. The van der Waals surface area contributed by atoms with Crippen molar-refractivity contribution in [3.05, 3.63) is 66.3 Å². The van der Waals surface area contributed by atoms with Crippen LogP contribution in [0.1, 0.15) is 76.7 Å². The summed E-state index contributed by atoms with van der Waals surface area (Å²) in [5.74, 6) is -0.00881. The molecule has 0 fully saturated rings. The van der Waals surface area contributed by atoms with Gasteiger partial charge >= 0.3 is 5.97 Å². The zero-order valence-electron chi connectivity index (χ0n) is 20.1. The number of benzene rings is 1. The molecule has 0 saturated heterocycles. The molecule has 1 aromatic rings. The third-order valence-electron chi connectivity index (χ3n) is 5.33. The van der Waals surface area contributed by atoms with Crippen molar-refractivity contribution in [3.63, 3.8) is 0 Å². The molecule has 178 valence electrons. The number of aromatic hydroxyl groups is 1. The number of phenols is 1. The van der Waals surface area contributed by atoms with Crippen molar-refractivity contribution in [3.8, 4) is 5.75 Å². The summed E-state index contributed by atoms with van der Waals surface area (Å²) in [6, 6.07) is 6.61. The highest BCUT2D eigenvalue weighted by Gasteiger charge is 2.18. The van der Waals surface area contributed by atoms with Crippen LogP contribution in [0.4, 0.5) is 0 Å². The number of carbonyl (C=O) groups is 1. The SMILES string of the molecule is CC/C=C\C/C=C\C/C=C\CCCCCCCCNC(Cc1ccc(O)cc1)C(=O)OC. The fraction of sp³-hybridized carbons (Fsp3) is 0.536. The Morgan fingerprint density at radius 2 is 1.50 bits per heavy atom. The van der Waals surface area contributed by atoms with Crippen molar-refractivity contribution in [2.75, 3.05) is 13.7 Å². The number of ether oxygens (including phenoxy) is 1. The summed E-state index contributed by atoms with van der Waals surface area (Å²) in [6.45, 7) is 2.97. The third kappa shape index (κ3) is 14.6. The first kappa shape index (κ1) is 27.7. The smallest absolute Gasteiger partial charge is 0.323 e. The van der Waals surface area contributed by atoms with E-state index in [0.29, 0.717) is 6.42 Å². The van der Waals surface area contributed by atoms with E-state index in [-0.39, 0.29) is 17.8 Å². The minimum Gasteiger partial charge on any atom is -0.508 e. The van der Waals surface area contributed by atoms with Gasteiger partial charge < -0.3 is 15.2 Å². The van der Waals surface area contributed by atoms with Crippen molar-refractivity contribution >= 4 is 5.97 Å². The molecule has 0 radical (unpaired) electrons. The highest BCUT2D eigenvalue weighted by molar-refractivity contribution is 5.76. The van der Waals surface area contributed by atoms with Gasteiger partial charge in [-0.2, -0.15) is 0 Å². The van der Waals surface area contributed by atoms with Crippen LogP contribution in [0.2, 0.25) is 0 Å². The summed E-state index contributed by atoms with van der Waals surface area (Å²) in [6.07, 6.45) is 25.6. The van der Waals surface area contributed by atoms with Crippen LogP contribution in [0.5, 0.6) is 5.75 Å². The van der Waals surface area contributed by atoms with Gasteiger partial charge in [0.15, 0.2) is 0 Å². The maximum atomic E-state index is 12.0. The summed E-state index contributed by atoms with van der Waals surface area (Å²) in [5, 5.41) is 12.7. The summed E-state index contributed by atoms with van der Waals surface area (Å²) >= 11 is 0. The molecule has 0 amide bonds. The lowest BCUT2D eigenvalue weighted by Crippen LogP contribution is -2.40. The number of rotatable bonds is 18. The van der Waals surface area contributed by atoms with Crippen LogP contribution in [-0.4, -0.2) is 30.8 Å². The normalized spacial score (nSPS) is 12.8. The Kier molecular flexibility index (Phi) is 16.8. The van der Waals surface area contributed by atoms with Crippen LogP contribution in [0.15, 0.2) is 60.7 Å². The predicted octanol–water partition coefficient (Wildman–Crippen LogP) is 6.66. The van der Waals surface area contributed by atoms with Crippen molar-refractivity contribution in [2.45, 2.75) is 83.6 Å². The Balaban J connectivity index is 2.04. The van der Waals surface area contributed by atoms with Gasteiger partial charge in [-0.25, -0.2) is 0 Å². The van der Waals surface area contributed by atoms with Crippen molar-refractivity contribution in [2.24, 2.45) is 0 Å². The van der Waals surface area contributed by atoms with E-state index in [2.05, 4.69) is 48.7 Å².